The monoisotopic (exact) mass is 702 g/mol. The van der Waals surface area contributed by atoms with Gasteiger partial charge in [-0.1, -0.05) is 52.2 Å². The molecule has 17 aliphatic rings. The second-order valence-electron chi connectivity index (χ2n) is 23.1. The van der Waals surface area contributed by atoms with Crippen molar-refractivity contribution >= 4 is 17.3 Å². The number of methoxy groups -OCH3 is 1. The quantitative estimate of drug-likeness (QED) is 0.226. The van der Waals surface area contributed by atoms with Crippen LogP contribution in [0.2, 0.25) is 0 Å². The Balaban J connectivity index is 0.964. The van der Waals surface area contributed by atoms with Gasteiger partial charge in [-0.15, -0.1) is 11.3 Å². The van der Waals surface area contributed by atoms with E-state index in [4.69, 9.17) is 4.74 Å². The molecule has 2 nitrogen and oxygen atoms in total. The summed E-state index contributed by atoms with van der Waals surface area (Å²) in [6, 6.07) is 4.94. The third-order valence-corrected chi connectivity index (χ3v) is 24.7. The van der Waals surface area contributed by atoms with Crippen LogP contribution in [0.15, 0.2) is 63.6 Å². The number of hydrogen-bond donors (Lipinski definition) is 0. The Morgan fingerprint density at radius 3 is 2.46 bits per heavy atom. The van der Waals surface area contributed by atoms with Gasteiger partial charge in [-0.2, -0.15) is 0 Å². The molecule has 27 atom stereocenters. The van der Waals surface area contributed by atoms with Crippen LogP contribution < -0.4 is 0 Å². The van der Waals surface area contributed by atoms with Crippen molar-refractivity contribution in [3.63, 3.8) is 0 Å². The van der Waals surface area contributed by atoms with Crippen molar-refractivity contribution in [1.29, 1.82) is 0 Å². The molecule has 52 heavy (non-hydrogen) atoms. The van der Waals surface area contributed by atoms with Crippen LogP contribution in [-0.4, -0.2) is 13.1 Å². The molecule has 18 rings (SSSR count). The molecule has 17 aliphatic carbocycles. The van der Waals surface area contributed by atoms with Gasteiger partial charge < -0.3 is 4.74 Å². The van der Waals surface area contributed by atoms with Crippen molar-refractivity contribution in [2.45, 2.75) is 56.8 Å². The molecule has 0 bridgehead atoms. The van der Waals surface area contributed by atoms with E-state index in [-0.39, 0.29) is 16.8 Å². The van der Waals surface area contributed by atoms with E-state index >= 15 is 0 Å². The van der Waals surface area contributed by atoms with Gasteiger partial charge in [0.25, 0.3) is 0 Å². The zero-order valence-corrected chi connectivity index (χ0v) is 31.1. The van der Waals surface area contributed by atoms with Gasteiger partial charge in [-0.3, -0.25) is 4.79 Å². The Labute approximate surface area is 311 Å². The van der Waals surface area contributed by atoms with Crippen molar-refractivity contribution in [3.05, 3.63) is 68.5 Å². The van der Waals surface area contributed by atoms with Crippen molar-refractivity contribution < 1.29 is 9.53 Å². The lowest BCUT2D eigenvalue weighted by molar-refractivity contribution is -0.140. The molecule has 0 amide bonds. The van der Waals surface area contributed by atoms with E-state index in [2.05, 4.69) is 63.8 Å². The highest BCUT2D eigenvalue weighted by atomic mass is 32.1. The minimum absolute atomic E-state index is 0.00419. The molecule has 13 fully saturated rings. The molecule has 1 aromatic heterocycles. The minimum atomic E-state index is -0.00419. The summed E-state index contributed by atoms with van der Waals surface area (Å²) in [5, 5.41) is 2.40. The summed E-state index contributed by atoms with van der Waals surface area (Å²) in [5.74, 6) is 24.5. The Morgan fingerprint density at radius 1 is 0.769 bits per heavy atom. The summed E-state index contributed by atoms with van der Waals surface area (Å²) in [6.07, 6.45) is 19.7. The number of carbonyl (C=O) groups excluding carboxylic acids is 1. The summed E-state index contributed by atoms with van der Waals surface area (Å²) in [4.78, 5) is 14.4. The summed E-state index contributed by atoms with van der Waals surface area (Å²) in [6.45, 7) is 0. The molecule has 0 saturated heterocycles. The highest BCUT2D eigenvalue weighted by Gasteiger charge is 2.92. The molecule has 0 N–H and O–H groups in total. The molecular weight excluding hydrogens is 653 g/mol. The van der Waals surface area contributed by atoms with Crippen LogP contribution in [0.25, 0.3) is 0 Å². The van der Waals surface area contributed by atoms with E-state index in [1.807, 2.05) is 11.1 Å². The Bertz CT molecular complexity index is 2190. The highest BCUT2D eigenvalue weighted by molar-refractivity contribution is 7.10. The van der Waals surface area contributed by atoms with Crippen LogP contribution in [0.1, 0.15) is 56.2 Å². The largest absolute Gasteiger partial charge is 0.469 e. The molecule has 0 radical (unpaired) electrons. The summed E-state index contributed by atoms with van der Waals surface area (Å²) < 4.78 is 5.28. The summed E-state index contributed by atoms with van der Waals surface area (Å²) in [7, 11) is 1.60. The van der Waals surface area contributed by atoms with E-state index in [9.17, 15) is 4.79 Å². The topological polar surface area (TPSA) is 26.3 Å². The first-order valence-corrected chi connectivity index (χ1v) is 23.5. The second-order valence-corrected chi connectivity index (χ2v) is 24.0. The van der Waals surface area contributed by atoms with E-state index in [0.29, 0.717) is 12.3 Å². The van der Waals surface area contributed by atoms with Gasteiger partial charge in [0, 0.05) is 34.0 Å². The Morgan fingerprint density at radius 2 is 1.58 bits per heavy atom. The van der Waals surface area contributed by atoms with Gasteiger partial charge in [0.05, 0.1) is 7.11 Å². The van der Waals surface area contributed by atoms with Crippen LogP contribution in [0, 0.1) is 153 Å². The molecule has 13 saturated carbocycles. The molecule has 27 unspecified atom stereocenters. The number of thiophene rings is 1. The average Bonchev–Trinajstić information content (AvgIpc) is 3.93. The third kappa shape index (κ3) is 2.17. The molecule has 1 aromatic rings. The second kappa shape index (κ2) is 7.63. The van der Waals surface area contributed by atoms with Crippen LogP contribution in [0.5, 0.6) is 0 Å². The first kappa shape index (κ1) is 26.9. The fourth-order valence-corrected chi connectivity index (χ4v) is 25.8. The molecule has 1 spiro atoms. The average molecular weight is 703 g/mol. The predicted octanol–water partition coefficient (Wildman–Crippen LogP) is 8.98. The maximum absolute atomic E-state index is 12.7. The first-order chi connectivity index (χ1) is 25.7. The first-order valence-electron chi connectivity index (χ1n) is 22.6. The summed E-state index contributed by atoms with van der Waals surface area (Å²) in [5.41, 5.74) is 10.9. The fraction of sp³-hybridized carbons (Fsp3) is 0.735. The molecule has 0 aromatic carbocycles. The molecular formula is C49H50O2S. The lowest BCUT2D eigenvalue weighted by atomic mass is 9.43. The zero-order valence-electron chi connectivity index (χ0n) is 30.3. The van der Waals surface area contributed by atoms with Gasteiger partial charge in [0.1, 0.15) is 0 Å². The standard InChI is InChI=1S/C49H50O2S/c1-51-25(50)5-2-6-48(24-4-3-7-52-24)47-23-14-21-12-18-10-19-9-16-8-17-11-20-13-22-15-49(47,48)46-32(22)37-31(20)36-27(17)26(16)34-30(19)35-28(18)29(21)38-33(23)45(46)44-42(37)40(36)39(34)41(35)43(38)44/h3-4,7,11,14-16,18-21,26-28,30-37,39-47H,2,5-6,8-10,12-13H2,1H3. The zero-order chi connectivity index (χ0) is 32.8. The molecule has 3 heteroatoms. The normalized spacial score (nSPS) is 68.2. The lowest BCUT2D eigenvalue weighted by Gasteiger charge is -2.61. The van der Waals surface area contributed by atoms with E-state index < -0.39 is 0 Å². The number of esters is 1. The number of rotatable bonds is 5. The van der Waals surface area contributed by atoms with E-state index in [0.717, 1.165) is 148 Å². The molecule has 0 aliphatic heterocycles. The Hall–Kier alpha value is -1.87. The number of hydrogen-bond acceptors (Lipinski definition) is 3. The smallest absolute Gasteiger partial charge is 0.305 e. The van der Waals surface area contributed by atoms with Gasteiger partial charge in [0.15, 0.2) is 0 Å². The predicted molar refractivity (Wildman–Crippen MR) is 196 cm³/mol. The van der Waals surface area contributed by atoms with Crippen LogP contribution in [-0.2, 0) is 14.9 Å². The SMILES string of the molecule is COC(=O)CCCC1(c2cccs2)C2C3=CC4CC5CC6CC7CC8=CC9CC%10=CC21C1C%10C2C9C9C8C7C7C6C6C5C4=C4C3C1C1C4C6C7C9C21. The summed E-state index contributed by atoms with van der Waals surface area (Å²) >= 11 is 2.08. The Kier molecular flexibility index (Phi) is 3.94. The van der Waals surface area contributed by atoms with Crippen molar-refractivity contribution in [2.75, 3.05) is 7.11 Å². The number of allylic oxidation sites excluding steroid dienone is 8. The number of carbonyl (C=O) groups is 1. The lowest BCUT2D eigenvalue weighted by Crippen LogP contribution is -2.58. The number of ether oxygens (including phenoxy) is 1. The van der Waals surface area contributed by atoms with Gasteiger partial charge >= 0.3 is 5.97 Å². The highest BCUT2D eigenvalue weighted by Crippen LogP contribution is 2.96. The number of fused-ring (bicyclic) bond motifs is 1. The van der Waals surface area contributed by atoms with Crippen molar-refractivity contribution in [2.24, 2.45) is 153 Å². The maximum Gasteiger partial charge on any atom is 0.305 e. The van der Waals surface area contributed by atoms with Gasteiger partial charge in [0.2, 0.25) is 0 Å². The van der Waals surface area contributed by atoms with Crippen molar-refractivity contribution in [1.82, 2.24) is 0 Å². The van der Waals surface area contributed by atoms with Crippen LogP contribution in [0.3, 0.4) is 0 Å². The molecule has 1 heterocycles. The van der Waals surface area contributed by atoms with E-state index in [1.54, 1.807) is 24.8 Å². The van der Waals surface area contributed by atoms with Crippen LogP contribution in [0.4, 0.5) is 0 Å². The minimum Gasteiger partial charge on any atom is -0.469 e. The van der Waals surface area contributed by atoms with Crippen LogP contribution >= 0.6 is 11.3 Å². The van der Waals surface area contributed by atoms with Gasteiger partial charge in [-0.05, 0) is 193 Å². The molecule has 264 valence electrons. The van der Waals surface area contributed by atoms with E-state index in [1.165, 1.54) is 25.7 Å². The maximum atomic E-state index is 12.7. The fourth-order valence-electron chi connectivity index (χ4n) is 24.8. The van der Waals surface area contributed by atoms with Crippen molar-refractivity contribution in [3.8, 4) is 0 Å². The van der Waals surface area contributed by atoms with Gasteiger partial charge in [-0.25, -0.2) is 0 Å². The third-order valence-electron chi connectivity index (χ3n) is 23.7.